The number of aromatic nitrogens is 2. The minimum absolute atomic E-state index is 0.00302. The number of carbonyl (C=O) groups excluding carboxylic acids is 2. The van der Waals surface area contributed by atoms with Crippen LogP contribution in [0.2, 0.25) is 0 Å². The molecule has 3 N–H and O–H groups in total. The number of amides is 2. The molecule has 2 saturated carbocycles. The Balaban J connectivity index is 1.57. The molecule has 1 aromatic heterocycles. The molecule has 198 valence electrons. The number of nitrogens with two attached hydrogens (primary N) is 1. The largest absolute Gasteiger partial charge is 0.481 e. The molecule has 3 aliphatic rings. The van der Waals surface area contributed by atoms with Crippen molar-refractivity contribution in [2.45, 2.75) is 82.8 Å². The van der Waals surface area contributed by atoms with Gasteiger partial charge in [0.2, 0.25) is 11.8 Å². The van der Waals surface area contributed by atoms with E-state index in [1.807, 2.05) is 23.3 Å². The second-order valence-electron chi connectivity index (χ2n) is 10.5. The zero-order valence-corrected chi connectivity index (χ0v) is 21.5. The Hall–Kier alpha value is -3.11. The molecule has 4 rings (SSSR count). The third kappa shape index (κ3) is 4.92. The van der Waals surface area contributed by atoms with Crippen molar-refractivity contribution in [2.75, 3.05) is 20.1 Å². The number of aliphatic carboxylic acids is 1. The van der Waals surface area contributed by atoms with E-state index in [1.54, 1.807) is 11.9 Å². The molecule has 1 aromatic rings. The summed E-state index contributed by atoms with van der Waals surface area (Å²) in [4.78, 5) is 58.1. The zero-order valence-electron chi connectivity index (χ0n) is 21.5. The molecule has 0 radical (unpaired) electrons. The third-order valence-electron chi connectivity index (χ3n) is 8.32. The van der Waals surface area contributed by atoms with Gasteiger partial charge in [0.25, 0.3) is 5.56 Å². The maximum atomic E-state index is 13.4. The molecule has 3 atom stereocenters. The number of likely N-dealkylation sites (N-methyl/N-ethyl adjacent to an activating group) is 1. The van der Waals surface area contributed by atoms with Crippen LogP contribution in [0.4, 0.5) is 0 Å². The van der Waals surface area contributed by atoms with Crippen molar-refractivity contribution in [2.24, 2.45) is 23.7 Å². The summed E-state index contributed by atoms with van der Waals surface area (Å²) < 4.78 is 3.71. The van der Waals surface area contributed by atoms with Gasteiger partial charge in [-0.25, -0.2) is 4.68 Å². The van der Waals surface area contributed by atoms with E-state index in [9.17, 15) is 19.2 Å². The van der Waals surface area contributed by atoms with Crippen LogP contribution >= 0.6 is 0 Å². The van der Waals surface area contributed by atoms with Gasteiger partial charge in [-0.1, -0.05) is 19.3 Å². The predicted octanol–water partition coefficient (Wildman–Crippen LogP) is 1.02. The van der Waals surface area contributed by atoms with Crippen LogP contribution < -0.4 is 11.3 Å². The van der Waals surface area contributed by atoms with Gasteiger partial charge in [0, 0.05) is 32.4 Å². The first-order valence-electron chi connectivity index (χ1n) is 13.0. The molecular formula is C25H38N6O5. The van der Waals surface area contributed by atoms with Crippen molar-refractivity contribution >= 4 is 23.6 Å². The lowest BCUT2D eigenvalue weighted by Gasteiger charge is -2.37. The van der Waals surface area contributed by atoms with Crippen molar-refractivity contribution < 1.29 is 19.5 Å². The quantitative estimate of drug-likeness (QED) is 0.439. The molecule has 1 aliphatic heterocycles. The number of hydrogen-bond acceptors (Lipinski definition) is 5. The Morgan fingerprint density at radius 3 is 2.44 bits per heavy atom. The van der Waals surface area contributed by atoms with E-state index in [4.69, 9.17) is 15.8 Å². The first kappa shape index (κ1) is 26.0. The van der Waals surface area contributed by atoms with Crippen molar-refractivity contribution in [3.05, 3.63) is 21.6 Å². The summed E-state index contributed by atoms with van der Waals surface area (Å²) in [7, 11) is 3.59. The summed E-state index contributed by atoms with van der Waals surface area (Å²) in [5.74, 6) is -1.71. The van der Waals surface area contributed by atoms with Gasteiger partial charge in [-0.05, 0) is 39.0 Å². The maximum Gasteiger partial charge on any atom is 0.305 e. The fourth-order valence-electron chi connectivity index (χ4n) is 6.19. The van der Waals surface area contributed by atoms with Gasteiger partial charge in [0.15, 0.2) is 0 Å². The Morgan fingerprint density at radius 2 is 1.78 bits per heavy atom. The number of nitrogens with zero attached hydrogens (tertiary/aromatic N) is 5. The van der Waals surface area contributed by atoms with Crippen LogP contribution in [0.5, 0.6) is 0 Å². The molecule has 11 nitrogen and oxygen atoms in total. The SMILES string of the molecule is Cc1c(C(N)=NC2CCC3C(C2)C(=O)N(CCC(=O)O)CC(=O)N3C)c(=O)n(C2CCCCC2)n1C. The summed E-state index contributed by atoms with van der Waals surface area (Å²) >= 11 is 0. The van der Waals surface area contributed by atoms with Crippen molar-refractivity contribution in [3.8, 4) is 0 Å². The standard InChI is InChI=1S/C25H38N6O5/c1-15-22(25(36)31(29(15)3)17-7-5-4-6-8-17)23(26)27-16-9-10-19-18(13-16)24(35)30(12-11-21(33)34)14-20(32)28(19)2/h16-19H,4-14H2,1-3H3,(H2,26,27)(H,33,34). The Kier molecular flexibility index (Phi) is 7.56. The zero-order chi connectivity index (χ0) is 26.1. The van der Waals surface area contributed by atoms with Crippen LogP contribution in [-0.2, 0) is 21.4 Å². The summed E-state index contributed by atoms with van der Waals surface area (Å²) in [6.45, 7) is 1.76. The fraction of sp³-hybridized carbons (Fsp3) is 0.720. The van der Waals surface area contributed by atoms with Crippen LogP contribution in [-0.4, -0.2) is 80.1 Å². The molecule has 0 spiro atoms. The molecule has 3 fully saturated rings. The number of carbonyl (C=O) groups is 3. The summed E-state index contributed by atoms with van der Waals surface area (Å²) in [6.07, 6.45) is 6.79. The highest BCUT2D eigenvalue weighted by atomic mass is 16.4. The molecule has 2 amide bonds. The highest BCUT2D eigenvalue weighted by Gasteiger charge is 2.44. The highest BCUT2D eigenvalue weighted by molar-refractivity contribution is 5.98. The Morgan fingerprint density at radius 1 is 1.08 bits per heavy atom. The number of aliphatic imine (C=N–C) groups is 1. The smallest absolute Gasteiger partial charge is 0.305 e. The maximum absolute atomic E-state index is 13.4. The van der Waals surface area contributed by atoms with Crippen LogP contribution in [0.1, 0.15) is 75.1 Å². The number of rotatable bonds is 6. The molecule has 2 heterocycles. The minimum Gasteiger partial charge on any atom is -0.481 e. The van der Waals surface area contributed by atoms with E-state index >= 15 is 0 Å². The highest BCUT2D eigenvalue weighted by Crippen LogP contribution is 2.34. The van der Waals surface area contributed by atoms with Crippen LogP contribution in [0.15, 0.2) is 9.79 Å². The third-order valence-corrected chi connectivity index (χ3v) is 8.32. The van der Waals surface area contributed by atoms with Gasteiger partial charge in [-0.15, -0.1) is 0 Å². The Labute approximate surface area is 210 Å². The van der Waals surface area contributed by atoms with E-state index < -0.39 is 11.9 Å². The van der Waals surface area contributed by atoms with Gasteiger partial charge < -0.3 is 20.6 Å². The van der Waals surface area contributed by atoms with Gasteiger partial charge in [0.1, 0.15) is 11.4 Å². The molecule has 0 aromatic carbocycles. The molecule has 1 saturated heterocycles. The van der Waals surface area contributed by atoms with Crippen molar-refractivity contribution in [3.63, 3.8) is 0 Å². The second kappa shape index (κ2) is 10.5. The average Bonchev–Trinajstić information content (AvgIpc) is 3.03. The number of hydrogen-bond donors (Lipinski definition) is 2. The molecule has 3 unspecified atom stereocenters. The van der Waals surface area contributed by atoms with Gasteiger partial charge >= 0.3 is 5.97 Å². The molecule has 11 heteroatoms. The van der Waals surface area contributed by atoms with E-state index in [0.717, 1.165) is 31.4 Å². The summed E-state index contributed by atoms with van der Waals surface area (Å²) in [6, 6.07) is -0.352. The predicted molar refractivity (Wildman–Crippen MR) is 134 cm³/mol. The van der Waals surface area contributed by atoms with E-state index in [0.29, 0.717) is 24.8 Å². The van der Waals surface area contributed by atoms with E-state index in [1.165, 1.54) is 11.3 Å². The first-order valence-corrected chi connectivity index (χ1v) is 13.0. The average molecular weight is 503 g/mol. The summed E-state index contributed by atoms with van der Waals surface area (Å²) in [5, 5.41) is 9.06. The number of carboxylic acids is 1. The van der Waals surface area contributed by atoms with Crippen molar-refractivity contribution in [1.82, 2.24) is 19.2 Å². The topological polar surface area (TPSA) is 143 Å². The second-order valence-corrected chi connectivity index (χ2v) is 10.5. The monoisotopic (exact) mass is 502 g/mol. The van der Waals surface area contributed by atoms with Gasteiger partial charge in [0.05, 0.1) is 31.0 Å². The van der Waals surface area contributed by atoms with E-state index in [2.05, 4.69) is 0 Å². The van der Waals surface area contributed by atoms with Gasteiger partial charge in [-0.3, -0.25) is 28.9 Å². The summed E-state index contributed by atoms with van der Waals surface area (Å²) in [5.41, 5.74) is 7.51. The van der Waals surface area contributed by atoms with Crippen LogP contribution in [0.3, 0.4) is 0 Å². The number of fused-ring (bicyclic) bond motifs is 1. The van der Waals surface area contributed by atoms with E-state index in [-0.39, 0.29) is 60.8 Å². The molecule has 36 heavy (non-hydrogen) atoms. The van der Waals surface area contributed by atoms with Crippen LogP contribution in [0, 0.1) is 12.8 Å². The minimum atomic E-state index is -1.01. The molecule has 2 aliphatic carbocycles. The van der Waals surface area contributed by atoms with Crippen molar-refractivity contribution in [1.29, 1.82) is 0 Å². The fourth-order valence-corrected chi connectivity index (χ4v) is 6.19. The lowest BCUT2D eigenvalue weighted by atomic mass is 9.80. The van der Waals surface area contributed by atoms with Crippen LogP contribution in [0.25, 0.3) is 0 Å². The lowest BCUT2D eigenvalue weighted by molar-refractivity contribution is -0.141. The lowest BCUT2D eigenvalue weighted by Crippen LogP contribution is -2.47. The van der Waals surface area contributed by atoms with Gasteiger partial charge in [-0.2, -0.15) is 0 Å². The number of carboxylic acid groups (broad SMARTS) is 1. The Bertz CT molecular complexity index is 1110. The molecular weight excluding hydrogens is 464 g/mol. The molecule has 0 bridgehead atoms. The normalized spacial score (nSPS) is 26.2. The first-order chi connectivity index (χ1) is 17.1. The number of amidine groups is 1.